The van der Waals surface area contributed by atoms with Gasteiger partial charge in [-0.05, 0) is 43.3 Å². The van der Waals surface area contributed by atoms with Crippen LogP contribution in [0.5, 0.6) is 5.75 Å². The molecule has 134 valence electrons. The fraction of sp³-hybridized carbons (Fsp3) is 0.211. The first kappa shape index (κ1) is 17.5. The Morgan fingerprint density at radius 3 is 2.62 bits per heavy atom. The van der Waals surface area contributed by atoms with Crippen molar-refractivity contribution in [2.45, 2.75) is 6.92 Å². The molecule has 3 aromatic rings. The molecule has 1 heterocycles. The van der Waals surface area contributed by atoms with E-state index >= 15 is 0 Å². The molecule has 2 N–H and O–H groups in total. The van der Waals surface area contributed by atoms with Gasteiger partial charge in [0.2, 0.25) is 0 Å². The van der Waals surface area contributed by atoms with Gasteiger partial charge in [0.1, 0.15) is 11.6 Å². The predicted octanol–water partition coefficient (Wildman–Crippen LogP) is 2.83. The third-order valence-electron chi connectivity index (χ3n) is 3.96. The Morgan fingerprint density at radius 1 is 1.15 bits per heavy atom. The van der Waals surface area contributed by atoms with Crippen molar-refractivity contribution in [2.24, 2.45) is 0 Å². The smallest absolute Gasteiger partial charge is 0.257 e. The van der Waals surface area contributed by atoms with Crippen LogP contribution in [0.15, 0.2) is 36.4 Å². The molecule has 0 saturated carbocycles. The number of methoxy groups -OCH3 is 1. The molecule has 7 nitrogen and oxygen atoms in total. The van der Waals surface area contributed by atoms with Gasteiger partial charge in [-0.15, -0.1) is 0 Å². The van der Waals surface area contributed by atoms with Crippen molar-refractivity contribution < 1.29 is 14.3 Å². The number of hydrogen-bond acceptors (Lipinski definition) is 4. The monoisotopic (exact) mass is 352 g/mol. The number of hydrogen-bond donors (Lipinski definition) is 2. The van der Waals surface area contributed by atoms with E-state index in [0.29, 0.717) is 22.6 Å². The van der Waals surface area contributed by atoms with E-state index in [9.17, 15) is 9.59 Å². The summed E-state index contributed by atoms with van der Waals surface area (Å²) in [5, 5.41) is 2.82. The second kappa shape index (κ2) is 6.87. The van der Waals surface area contributed by atoms with E-state index in [-0.39, 0.29) is 11.8 Å². The van der Waals surface area contributed by atoms with Gasteiger partial charge in [-0.3, -0.25) is 9.59 Å². The molecular formula is C19H20N4O3. The quantitative estimate of drug-likeness (QED) is 0.756. The van der Waals surface area contributed by atoms with Crippen molar-refractivity contribution >= 4 is 28.5 Å². The lowest BCUT2D eigenvalue weighted by Crippen LogP contribution is -2.22. The van der Waals surface area contributed by atoms with Crippen LogP contribution in [0.2, 0.25) is 0 Å². The minimum absolute atomic E-state index is 0.202. The summed E-state index contributed by atoms with van der Waals surface area (Å²) in [6.45, 7) is 1.86. The Morgan fingerprint density at radius 2 is 1.92 bits per heavy atom. The number of carbonyl (C=O) groups excluding carboxylic acids is 2. The van der Waals surface area contributed by atoms with Crippen LogP contribution in [0.25, 0.3) is 11.0 Å². The zero-order chi connectivity index (χ0) is 18.8. The first-order valence-corrected chi connectivity index (χ1v) is 8.06. The number of nitrogens with one attached hydrogen (secondary N) is 2. The largest absolute Gasteiger partial charge is 0.496 e. The number of rotatable bonds is 4. The van der Waals surface area contributed by atoms with Crippen molar-refractivity contribution in [1.82, 2.24) is 14.9 Å². The second-order valence-corrected chi connectivity index (χ2v) is 6.12. The van der Waals surface area contributed by atoms with Gasteiger partial charge in [-0.25, -0.2) is 4.98 Å². The van der Waals surface area contributed by atoms with Crippen molar-refractivity contribution in [3.8, 4) is 5.75 Å². The van der Waals surface area contributed by atoms with E-state index in [1.165, 1.54) is 12.0 Å². The number of anilines is 1. The Balaban J connectivity index is 1.88. The van der Waals surface area contributed by atoms with E-state index in [1.807, 2.05) is 6.92 Å². The summed E-state index contributed by atoms with van der Waals surface area (Å²) in [6, 6.07) is 10.2. The van der Waals surface area contributed by atoms with Crippen LogP contribution in [0.3, 0.4) is 0 Å². The van der Waals surface area contributed by atoms with Gasteiger partial charge in [0.25, 0.3) is 11.8 Å². The summed E-state index contributed by atoms with van der Waals surface area (Å²) < 4.78 is 5.24. The summed E-state index contributed by atoms with van der Waals surface area (Å²) in [5.74, 6) is 0.774. The molecule has 0 aliphatic carbocycles. The lowest BCUT2D eigenvalue weighted by Gasteiger charge is -2.15. The molecule has 0 atom stereocenters. The number of amides is 2. The summed E-state index contributed by atoms with van der Waals surface area (Å²) in [5.41, 5.74) is 3.00. The Hall–Kier alpha value is -3.35. The number of benzene rings is 2. The van der Waals surface area contributed by atoms with Gasteiger partial charge < -0.3 is 19.9 Å². The fourth-order valence-corrected chi connectivity index (χ4v) is 2.68. The molecule has 0 bridgehead atoms. The Labute approximate surface area is 151 Å². The summed E-state index contributed by atoms with van der Waals surface area (Å²) >= 11 is 0. The van der Waals surface area contributed by atoms with Crippen LogP contribution >= 0.6 is 0 Å². The highest BCUT2D eigenvalue weighted by atomic mass is 16.5. The Kier molecular flexibility index (Phi) is 4.62. The molecule has 0 saturated heterocycles. The molecule has 2 aromatic carbocycles. The second-order valence-electron chi connectivity index (χ2n) is 6.12. The number of H-pyrrole nitrogens is 1. The summed E-state index contributed by atoms with van der Waals surface area (Å²) in [4.78, 5) is 33.8. The van der Waals surface area contributed by atoms with Crippen LogP contribution < -0.4 is 10.1 Å². The van der Waals surface area contributed by atoms with Gasteiger partial charge in [-0.1, -0.05) is 0 Å². The van der Waals surface area contributed by atoms with Gasteiger partial charge >= 0.3 is 0 Å². The van der Waals surface area contributed by atoms with Crippen molar-refractivity contribution in [1.29, 1.82) is 0 Å². The first-order valence-electron chi connectivity index (χ1n) is 8.06. The maximum absolute atomic E-state index is 12.6. The highest BCUT2D eigenvalue weighted by Crippen LogP contribution is 2.24. The zero-order valence-corrected chi connectivity index (χ0v) is 15.1. The van der Waals surface area contributed by atoms with Crippen LogP contribution in [-0.4, -0.2) is 47.9 Å². The number of carbonyl (C=O) groups is 2. The van der Waals surface area contributed by atoms with Gasteiger partial charge in [0.05, 0.1) is 23.7 Å². The average molecular weight is 352 g/mol. The number of imidazole rings is 1. The van der Waals surface area contributed by atoms with Gasteiger partial charge in [0.15, 0.2) is 0 Å². The first-order chi connectivity index (χ1) is 12.4. The minimum atomic E-state index is -0.271. The standard InChI is InChI=1S/C19H20N4O3/c1-11-20-15-7-5-12(9-16(15)21-11)18(24)22-13-6-8-17(26-4)14(10-13)19(25)23(2)3/h5-10H,1-4H3,(H,20,21)(H,22,24). The van der Waals surface area contributed by atoms with Crippen LogP contribution in [0.4, 0.5) is 5.69 Å². The lowest BCUT2D eigenvalue weighted by molar-refractivity contribution is 0.0824. The molecule has 0 spiro atoms. The van der Waals surface area contributed by atoms with Gasteiger partial charge in [0, 0.05) is 25.3 Å². The van der Waals surface area contributed by atoms with E-state index in [4.69, 9.17) is 4.74 Å². The highest BCUT2D eigenvalue weighted by molar-refractivity contribution is 6.07. The van der Waals surface area contributed by atoms with E-state index in [2.05, 4.69) is 15.3 Å². The number of aromatic amines is 1. The molecule has 0 unspecified atom stereocenters. The van der Waals surface area contributed by atoms with Crippen molar-refractivity contribution in [2.75, 3.05) is 26.5 Å². The normalized spacial score (nSPS) is 10.6. The van der Waals surface area contributed by atoms with Crippen molar-refractivity contribution in [3.05, 3.63) is 53.3 Å². The molecule has 1 aromatic heterocycles. The molecule has 3 rings (SSSR count). The van der Waals surface area contributed by atoms with Crippen molar-refractivity contribution in [3.63, 3.8) is 0 Å². The molecule has 0 radical (unpaired) electrons. The minimum Gasteiger partial charge on any atom is -0.496 e. The number of ether oxygens (including phenoxy) is 1. The topological polar surface area (TPSA) is 87.3 Å². The lowest BCUT2D eigenvalue weighted by atomic mass is 10.1. The number of nitrogens with zero attached hydrogens (tertiary/aromatic N) is 2. The molecule has 0 fully saturated rings. The average Bonchev–Trinajstić information content (AvgIpc) is 2.99. The fourth-order valence-electron chi connectivity index (χ4n) is 2.68. The maximum atomic E-state index is 12.6. The van der Waals surface area contributed by atoms with E-state index in [0.717, 1.165) is 16.9 Å². The maximum Gasteiger partial charge on any atom is 0.257 e. The molecule has 26 heavy (non-hydrogen) atoms. The van der Waals surface area contributed by atoms with Crippen LogP contribution in [-0.2, 0) is 0 Å². The number of aryl methyl sites for hydroxylation is 1. The number of fused-ring (bicyclic) bond motifs is 1. The molecule has 0 aliphatic rings. The van der Waals surface area contributed by atoms with Gasteiger partial charge in [-0.2, -0.15) is 0 Å². The summed E-state index contributed by atoms with van der Waals surface area (Å²) in [7, 11) is 4.82. The third kappa shape index (κ3) is 3.37. The SMILES string of the molecule is COc1ccc(NC(=O)c2ccc3nc(C)[nH]c3c2)cc1C(=O)N(C)C. The summed E-state index contributed by atoms with van der Waals surface area (Å²) in [6.07, 6.45) is 0. The molecular weight excluding hydrogens is 332 g/mol. The zero-order valence-electron chi connectivity index (χ0n) is 15.1. The molecule has 2 amide bonds. The van der Waals surface area contributed by atoms with E-state index in [1.54, 1.807) is 50.5 Å². The highest BCUT2D eigenvalue weighted by Gasteiger charge is 2.16. The molecule has 0 aliphatic heterocycles. The number of aromatic nitrogens is 2. The molecule has 7 heteroatoms. The van der Waals surface area contributed by atoms with E-state index < -0.39 is 0 Å². The Bertz CT molecular complexity index is 992. The third-order valence-corrected chi connectivity index (χ3v) is 3.96. The predicted molar refractivity (Wildman–Crippen MR) is 99.8 cm³/mol. The van der Waals surface area contributed by atoms with Crippen LogP contribution in [0, 0.1) is 6.92 Å². The van der Waals surface area contributed by atoms with Crippen LogP contribution in [0.1, 0.15) is 26.5 Å².